The van der Waals surface area contributed by atoms with Crippen molar-refractivity contribution in [3.63, 3.8) is 0 Å². The molecule has 0 bridgehead atoms. The Kier molecular flexibility index (Phi) is 4.18. The second-order valence-corrected chi connectivity index (χ2v) is 4.53. The van der Waals surface area contributed by atoms with Crippen LogP contribution in [0.15, 0.2) is 42.7 Å². The molecule has 0 aliphatic rings. The molecule has 0 saturated heterocycles. The Morgan fingerprint density at radius 3 is 2.61 bits per heavy atom. The van der Waals surface area contributed by atoms with Gasteiger partial charge in [0.15, 0.2) is 0 Å². The largest absolute Gasteiger partial charge is 0.487 e. The summed E-state index contributed by atoms with van der Waals surface area (Å²) in [5.74, 6) is 0.665. The Balaban J connectivity index is 2.06. The lowest BCUT2D eigenvalue weighted by Gasteiger charge is -2.11. The normalized spacial score (nSPS) is 12.2. The molecule has 4 heteroatoms. The number of benzene rings is 1. The van der Waals surface area contributed by atoms with Crippen LogP contribution in [0.25, 0.3) is 0 Å². The molecule has 0 aliphatic carbocycles. The van der Waals surface area contributed by atoms with Crippen molar-refractivity contribution in [2.24, 2.45) is 5.73 Å². The molecule has 0 saturated carbocycles. The summed E-state index contributed by atoms with van der Waals surface area (Å²) < 4.78 is 5.66. The lowest BCUT2D eigenvalue weighted by Crippen LogP contribution is -2.05. The topological polar surface area (TPSA) is 48.1 Å². The summed E-state index contributed by atoms with van der Waals surface area (Å²) in [6.07, 6.45) is 3.47. The third-order valence-corrected chi connectivity index (χ3v) is 2.92. The molecule has 2 N–H and O–H groups in total. The molecule has 0 fully saturated rings. The fraction of sp³-hybridized carbons (Fsp3) is 0.214. The van der Waals surface area contributed by atoms with E-state index in [2.05, 4.69) is 4.98 Å². The van der Waals surface area contributed by atoms with Crippen LogP contribution in [0.1, 0.15) is 24.1 Å². The second kappa shape index (κ2) is 5.85. The van der Waals surface area contributed by atoms with Gasteiger partial charge in [0.05, 0.1) is 5.02 Å². The summed E-state index contributed by atoms with van der Waals surface area (Å²) in [6, 6.07) is 9.40. The van der Waals surface area contributed by atoms with Gasteiger partial charge in [-0.3, -0.25) is 4.98 Å². The molecule has 1 heterocycles. The van der Waals surface area contributed by atoms with Crippen LogP contribution in [0.2, 0.25) is 5.02 Å². The van der Waals surface area contributed by atoms with Crippen LogP contribution in [0.4, 0.5) is 0 Å². The molecule has 1 atom stereocenters. The smallest absolute Gasteiger partial charge is 0.138 e. The Morgan fingerprint density at radius 1 is 1.28 bits per heavy atom. The fourth-order valence-electron chi connectivity index (χ4n) is 1.56. The van der Waals surface area contributed by atoms with Crippen molar-refractivity contribution < 1.29 is 4.74 Å². The molecule has 0 unspecified atom stereocenters. The number of nitrogens with two attached hydrogens (primary N) is 1. The van der Waals surface area contributed by atoms with Crippen LogP contribution in [0.3, 0.4) is 0 Å². The van der Waals surface area contributed by atoms with E-state index in [9.17, 15) is 0 Å². The van der Waals surface area contributed by atoms with Gasteiger partial charge in [0.2, 0.25) is 0 Å². The molecule has 0 spiro atoms. The minimum Gasteiger partial charge on any atom is -0.487 e. The highest BCUT2D eigenvalue weighted by Crippen LogP contribution is 2.27. The van der Waals surface area contributed by atoms with Gasteiger partial charge < -0.3 is 10.5 Å². The monoisotopic (exact) mass is 262 g/mol. The number of hydrogen-bond acceptors (Lipinski definition) is 3. The zero-order chi connectivity index (χ0) is 13.0. The van der Waals surface area contributed by atoms with Crippen molar-refractivity contribution in [3.8, 4) is 5.75 Å². The molecule has 2 aromatic rings. The second-order valence-electron chi connectivity index (χ2n) is 4.12. The van der Waals surface area contributed by atoms with Gasteiger partial charge in [-0.25, -0.2) is 0 Å². The quantitative estimate of drug-likeness (QED) is 0.919. The van der Waals surface area contributed by atoms with Crippen molar-refractivity contribution >= 4 is 11.6 Å². The van der Waals surface area contributed by atoms with Crippen molar-refractivity contribution in [1.82, 2.24) is 4.98 Å². The predicted molar refractivity (Wildman–Crippen MR) is 72.6 cm³/mol. The highest BCUT2D eigenvalue weighted by molar-refractivity contribution is 6.32. The number of nitrogens with zero attached hydrogens (tertiary/aromatic N) is 1. The summed E-state index contributed by atoms with van der Waals surface area (Å²) in [5.41, 5.74) is 7.84. The average molecular weight is 263 g/mol. The number of hydrogen-bond donors (Lipinski definition) is 1. The molecule has 0 aliphatic heterocycles. The first kappa shape index (κ1) is 12.9. The van der Waals surface area contributed by atoms with E-state index < -0.39 is 0 Å². The number of rotatable bonds is 4. The van der Waals surface area contributed by atoms with Gasteiger partial charge in [0.25, 0.3) is 0 Å². The minimum absolute atomic E-state index is 0.0308. The summed E-state index contributed by atoms with van der Waals surface area (Å²) >= 11 is 6.15. The Labute approximate surface area is 112 Å². The van der Waals surface area contributed by atoms with E-state index in [4.69, 9.17) is 22.1 Å². The fourth-order valence-corrected chi connectivity index (χ4v) is 1.80. The Hall–Kier alpha value is -1.58. The number of halogens is 1. The van der Waals surface area contributed by atoms with E-state index in [1.807, 2.05) is 37.3 Å². The maximum absolute atomic E-state index is 6.15. The van der Waals surface area contributed by atoms with Crippen LogP contribution >= 0.6 is 11.6 Å². The van der Waals surface area contributed by atoms with Crippen LogP contribution in [-0.2, 0) is 6.61 Å². The summed E-state index contributed by atoms with van der Waals surface area (Å²) in [5, 5.41) is 0.582. The first-order valence-corrected chi connectivity index (χ1v) is 6.11. The highest BCUT2D eigenvalue weighted by Gasteiger charge is 2.06. The molecule has 2 rings (SSSR count). The molecule has 0 amide bonds. The third kappa shape index (κ3) is 3.22. The SMILES string of the molecule is C[C@@H](N)c1ccc(OCc2ccncc2)c(Cl)c1. The predicted octanol–water partition coefficient (Wildman–Crippen LogP) is 3.33. The maximum Gasteiger partial charge on any atom is 0.138 e. The standard InChI is InChI=1S/C14H15ClN2O/c1-10(16)12-2-3-14(13(15)8-12)18-9-11-4-6-17-7-5-11/h2-8,10H,9,16H2,1H3/t10-/m1/s1. The number of aromatic nitrogens is 1. The first-order chi connectivity index (χ1) is 8.66. The van der Waals surface area contributed by atoms with Gasteiger partial charge in [0, 0.05) is 18.4 Å². The Bertz CT molecular complexity index is 514. The molecule has 1 aromatic heterocycles. The molecular formula is C14H15ClN2O. The van der Waals surface area contributed by atoms with E-state index in [-0.39, 0.29) is 6.04 Å². The lowest BCUT2D eigenvalue weighted by atomic mass is 10.1. The zero-order valence-electron chi connectivity index (χ0n) is 10.1. The van der Waals surface area contributed by atoms with Crippen molar-refractivity contribution in [2.45, 2.75) is 19.6 Å². The average Bonchev–Trinajstić information content (AvgIpc) is 2.38. The molecule has 3 nitrogen and oxygen atoms in total. The van der Waals surface area contributed by atoms with Crippen molar-refractivity contribution in [2.75, 3.05) is 0 Å². The van der Waals surface area contributed by atoms with E-state index in [1.54, 1.807) is 12.4 Å². The lowest BCUT2D eigenvalue weighted by molar-refractivity contribution is 0.306. The first-order valence-electron chi connectivity index (χ1n) is 5.73. The van der Waals surface area contributed by atoms with E-state index >= 15 is 0 Å². The summed E-state index contributed by atoms with van der Waals surface area (Å²) in [7, 11) is 0. The molecule has 18 heavy (non-hydrogen) atoms. The van der Waals surface area contributed by atoms with Gasteiger partial charge >= 0.3 is 0 Å². The minimum atomic E-state index is -0.0308. The third-order valence-electron chi connectivity index (χ3n) is 2.63. The van der Waals surface area contributed by atoms with Gasteiger partial charge in [-0.15, -0.1) is 0 Å². The van der Waals surface area contributed by atoms with Gasteiger partial charge in [-0.2, -0.15) is 0 Å². The van der Waals surface area contributed by atoms with Crippen molar-refractivity contribution in [1.29, 1.82) is 0 Å². The highest BCUT2D eigenvalue weighted by atomic mass is 35.5. The zero-order valence-corrected chi connectivity index (χ0v) is 10.9. The Morgan fingerprint density at radius 2 is 2.00 bits per heavy atom. The summed E-state index contributed by atoms with van der Waals surface area (Å²) in [6.45, 7) is 2.39. The van der Waals surface area contributed by atoms with Crippen LogP contribution < -0.4 is 10.5 Å². The van der Waals surface area contributed by atoms with Gasteiger partial charge in [-0.05, 0) is 42.3 Å². The van der Waals surface area contributed by atoms with Crippen LogP contribution in [0.5, 0.6) is 5.75 Å². The molecule has 94 valence electrons. The molecular weight excluding hydrogens is 248 g/mol. The van der Waals surface area contributed by atoms with E-state index in [0.29, 0.717) is 17.4 Å². The molecule has 1 aromatic carbocycles. The van der Waals surface area contributed by atoms with E-state index in [0.717, 1.165) is 11.1 Å². The summed E-state index contributed by atoms with van der Waals surface area (Å²) in [4.78, 5) is 3.95. The van der Waals surface area contributed by atoms with Crippen molar-refractivity contribution in [3.05, 3.63) is 58.9 Å². The molecule has 0 radical (unpaired) electrons. The number of pyridine rings is 1. The van der Waals surface area contributed by atoms with E-state index in [1.165, 1.54) is 0 Å². The van der Waals surface area contributed by atoms with Gasteiger partial charge in [-0.1, -0.05) is 17.7 Å². The van der Waals surface area contributed by atoms with Crippen LogP contribution in [-0.4, -0.2) is 4.98 Å². The van der Waals surface area contributed by atoms with Crippen LogP contribution in [0, 0.1) is 0 Å². The maximum atomic E-state index is 6.15. The number of ether oxygens (including phenoxy) is 1. The van der Waals surface area contributed by atoms with Gasteiger partial charge in [0.1, 0.15) is 12.4 Å².